The number of carbonyl (C=O) groups excluding carboxylic acids is 2. The second kappa shape index (κ2) is 6.52. The number of benzene rings is 1. The zero-order valence-corrected chi connectivity index (χ0v) is 11.8. The molecule has 5 heteroatoms. The minimum atomic E-state index is -0.0963. The van der Waals surface area contributed by atoms with Gasteiger partial charge in [-0.3, -0.25) is 9.59 Å². The van der Waals surface area contributed by atoms with Crippen LogP contribution in [0.15, 0.2) is 24.3 Å². The number of piperidine rings is 1. The molecule has 0 aliphatic carbocycles. The predicted molar refractivity (Wildman–Crippen MR) is 77.0 cm³/mol. The zero-order chi connectivity index (χ0) is 14.5. The van der Waals surface area contributed by atoms with E-state index in [0.717, 1.165) is 18.4 Å². The molecule has 0 spiro atoms. The maximum atomic E-state index is 12.4. The first-order valence-corrected chi connectivity index (χ1v) is 6.95. The number of hydrogen-bond acceptors (Lipinski definition) is 3. The van der Waals surface area contributed by atoms with Gasteiger partial charge in [0.1, 0.15) is 0 Å². The van der Waals surface area contributed by atoms with Crippen molar-refractivity contribution in [2.45, 2.75) is 19.4 Å². The molecule has 1 aromatic carbocycles. The summed E-state index contributed by atoms with van der Waals surface area (Å²) in [5, 5.41) is 2.66. The number of nitrogens with one attached hydrogen (secondary N) is 1. The van der Waals surface area contributed by atoms with Gasteiger partial charge in [-0.15, -0.1) is 0 Å². The Hall–Kier alpha value is -1.88. The van der Waals surface area contributed by atoms with E-state index in [1.165, 1.54) is 0 Å². The van der Waals surface area contributed by atoms with Crippen LogP contribution in [0.3, 0.4) is 0 Å². The molecule has 108 valence electrons. The lowest BCUT2D eigenvalue weighted by Crippen LogP contribution is -2.44. The third kappa shape index (κ3) is 3.17. The van der Waals surface area contributed by atoms with Crippen LogP contribution in [0, 0.1) is 5.92 Å². The number of nitrogens with zero attached hydrogens (tertiary/aromatic N) is 1. The first-order chi connectivity index (χ1) is 9.65. The van der Waals surface area contributed by atoms with E-state index in [9.17, 15) is 9.59 Å². The molecule has 2 amide bonds. The summed E-state index contributed by atoms with van der Waals surface area (Å²) in [7, 11) is 1.63. The Morgan fingerprint density at radius 2 is 2.05 bits per heavy atom. The maximum absolute atomic E-state index is 12.4. The van der Waals surface area contributed by atoms with Crippen LogP contribution in [0.2, 0.25) is 0 Å². The maximum Gasteiger partial charge on any atom is 0.253 e. The highest BCUT2D eigenvalue weighted by molar-refractivity contribution is 5.94. The van der Waals surface area contributed by atoms with Crippen LogP contribution >= 0.6 is 0 Å². The van der Waals surface area contributed by atoms with Gasteiger partial charge in [0.25, 0.3) is 5.91 Å². The topological polar surface area (TPSA) is 75.4 Å². The predicted octanol–water partition coefficient (Wildman–Crippen LogP) is 0.743. The molecule has 0 bridgehead atoms. The van der Waals surface area contributed by atoms with Crippen molar-refractivity contribution in [2.75, 3.05) is 20.1 Å². The lowest BCUT2D eigenvalue weighted by Gasteiger charge is -2.31. The molecule has 1 heterocycles. The van der Waals surface area contributed by atoms with E-state index in [0.29, 0.717) is 25.2 Å². The largest absolute Gasteiger partial charge is 0.359 e. The van der Waals surface area contributed by atoms with Gasteiger partial charge in [-0.1, -0.05) is 12.1 Å². The van der Waals surface area contributed by atoms with Gasteiger partial charge in [0.05, 0.1) is 5.92 Å². The van der Waals surface area contributed by atoms with Gasteiger partial charge >= 0.3 is 0 Å². The number of rotatable bonds is 3. The summed E-state index contributed by atoms with van der Waals surface area (Å²) in [5.74, 6) is -0.0934. The van der Waals surface area contributed by atoms with Gasteiger partial charge in [0.15, 0.2) is 0 Å². The highest BCUT2D eigenvalue weighted by Gasteiger charge is 2.28. The number of carbonyl (C=O) groups is 2. The van der Waals surface area contributed by atoms with Gasteiger partial charge in [-0.2, -0.15) is 0 Å². The van der Waals surface area contributed by atoms with Gasteiger partial charge in [-0.25, -0.2) is 0 Å². The number of hydrogen-bond donors (Lipinski definition) is 2. The summed E-state index contributed by atoms with van der Waals surface area (Å²) in [6.07, 6.45) is 1.71. The molecule has 0 radical (unpaired) electrons. The van der Waals surface area contributed by atoms with Crippen molar-refractivity contribution in [2.24, 2.45) is 11.7 Å². The molecule has 5 nitrogen and oxygen atoms in total. The fourth-order valence-corrected chi connectivity index (χ4v) is 2.55. The Labute approximate surface area is 119 Å². The number of likely N-dealkylation sites (tertiary alicyclic amines) is 1. The first-order valence-electron chi connectivity index (χ1n) is 6.95. The van der Waals surface area contributed by atoms with Gasteiger partial charge < -0.3 is 16.0 Å². The van der Waals surface area contributed by atoms with Crippen LogP contribution in [0.4, 0.5) is 0 Å². The molecular weight excluding hydrogens is 254 g/mol. The first kappa shape index (κ1) is 14.5. The van der Waals surface area contributed by atoms with Crippen molar-refractivity contribution in [1.82, 2.24) is 10.2 Å². The fourth-order valence-electron chi connectivity index (χ4n) is 2.55. The van der Waals surface area contributed by atoms with E-state index in [4.69, 9.17) is 5.73 Å². The summed E-state index contributed by atoms with van der Waals surface area (Å²) >= 11 is 0. The molecule has 1 saturated heterocycles. The molecule has 1 fully saturated rings. The van der Waals surface area contributed by atoms with E-state index in [1.54, 1.807) is 24.1 Å². The summed E-state index contributed by atoms with van der Waals surface area (Å²) in [6, 6.07) is 7.34. The second-order valence-corrected chi connectivity index (χ2v) is 5.11. The average molecular weight is 275 g/mol. The second-order valence-electron chi connectivity index (χ2n) is 5.11. The van der Waals surface area contributed by atoms with Crippen LogP contribution in [-0.4, -0.2) is 36.9 Å². The van der Waals surface area contributed by atoms with Crippen LogP contribution in [-0.2, 0) is 11.3 Å². The highest BCUT2D eigenvalue weighted by atomic mass is 16.2. The highest BCUT2D eigenvalue weighted by Crippen LogP contribution is 2.19. The summed E-state index contributed by atoms with van der Waals surface area (Å²) in [4.78, 5) is 25.9. The molecule has 20 heavy (non-hydrogen) atoms. The van der Waals surface area contributed by atoms with Crippen molar-refractivity contribution in [3.63, 3.8) is 0 Å². The van der Waals surface area contributed by atoms with E-state index in [-0.39, 0.29) is 17.7 Å². The van der Waals surface area contributed by atoms with Crippen molar-refractivity contribution >= 4 is 11.8 Å². The minimum absolute atomic E-state index is 0.0119. The molecule has 1 aromatic rings. The molecule has 1 atom stereocenters. The lowest BCUT2D eigenvalue weighted by molar-refractivity contribution is -0.125. The molecule has 2 rings (SSSR count). The van der Waals surface area contributed by atoms with Crippen molar-refractivity contribution in [1.29, 1.82) is 0 Å². The number of amides is 2. The molecule has 0 saturated carbocycles. The Balaban J connectivity index is 2.05. The van der Waals surface area contributed by atoms with Crippen molar-refractivity contribution in [3.8, 4) is 0 Å². The Morgan fingerprint density at radius 1 is 1.35 bits per heavy atom. The summed E-state index contributed by atoms with van der Waals surface area (Å²) in [6.45, 7) is 1.68. The molecule has 1 aliphatic rings. The van der Waals surface area contributed by atoms with Gasteiger partial charge in [-0.05, 0) is 30.5 Å². The van der Waals surface area contributed by atoms with E-state index in [2.05, 4.69) is 5.32 Å². The Morgan fingerprint density at radius 3 is 2.65 bits per heavy atom. The van der Waals surface area contributed by atoms with Crippen molar-refractivity contribution in [3.05, 3.63) is 35.4 Å². The van der Waals surface area contributed by atoms with Crippen LogP contribution in [0.25, 0.3) is 0 Å². The summed E-state index contributed by atoms with van der Waals surface area (Å²) in [5.41, 5.74) is 7.20. The normalized spacial score (nSPS) is 18.7. The van der Waals surface area contributed by atoms with Gasteiger partial charge in [0.2, 0.25) is 5.91 Å². The van der Waals surface area contributed by atoms with E-state index in [1.807, 2.05) is 12.1 Å². The number of nitrogens with two attached hydrogens (primary N) is 1. The summed E-state index contributed by atoms with van der Waals surface area (Å²) < 4.78 is 0. The van der Waals surface area contributed by atoms with Crippen LogP contribution < -0.4 is 11.1 Å². The minimum Gasteiger partial charge on any atom is -0.359 e. The SMILES string of the molecule is CNC(=O)C1CCCN(C(=O)c2ccc(CN)cc2)C1. The molecule has 1 aliphatic heterocycles. The smallest absolute Gasteiger partial charge is 0.253 e. The van der Waals surface area contributed by atoms with Gasteiger partial charge in [0, 0.05) is 32.2 Å². The molecule has 1 unspecified atom stereocenters. The molecular formula is C15H21N3O2. The fraction of sp³-hybridized carbons (Fsp3) is 0.467. The lowest BCUT2D eigenvalue weighted by atomic mass is 9.96. The standard InChI is InChI=1S/C15H21N3O2/c1-17-14(19)13-3-2-8-18(10-13)15(20)12-6-4-11(9-16)5-7-12/h4-7,13H,2-3,8-10,16H2,1H3,(H,17,19). The van der Waals surface area contributed by atoms with E-state index < -0.39 is 0 Å². The molecule has 3 N–H and O–H groups in total. The third-order valence-corrected chi connectivity index (χ3v) is 3.76. The monoisotopic (exact) mass is 275 g/mol. The van der Waals surface area contributed by atoms with Crippen molar-refractivity contribution < 1.29 is 9.59 Å². The Kier molecular flexibility index (Phi) is 4.74. The van der Waals surface area contributed by atoms with Crippen LogP contribution in [0.1, 0.15) is 28.8 Å². The third-order valence-electron chi connectivity index (χ3n) is 3.76. The van der Waals surface area contributed by atoms with E-state index >= 15 is 0 Å². The average Bonchev–Trinajstić information content (AvgIpc) is 2.53. The Bertz CT molecular complexity index is 484. The molecule has 0 aromatic heterocycles. The van der Waals surface area contributed by atoms with Crippen LogP contribution in [0.5, 0.6) is 0 Å². The quantitative estimate of drug-likeness (QED) is 0.854. The zero-order valence-electron chi connectivity index (χ0n) is 11.8.